The van der Waals surface area contributed by atoms with Crippen molar-refractivity contribution >= 4 is 23.2 Å². The van der Waals surface area contributed by atoms with Gasteiger partial charge in [0.2, 0.25) is 5.95 Å². The van der Waals surface area contributed by atoms with Crippen LogP contribution in [0.2, 0.25) is 5.15 Å². The zero-order valence-corrected chi connectivity index (χ0v) is 10.0. The number of fused-ring (bicyclic) bond motifs is 1. The van der Waals surface area contributed by atoms with Crippen LogP contribution in [-0.4, -0.2) is 9.97 Å². The summed E-state index contributed by atoms with van der Waals surface area (Å²) in [5, 5.41) is 3.76. The Morgan fingerprint density at radius 2 is 1.88 bits per heavy atom. The van der Waals surface area contributed by atoms with E-state index in [9.17, 15) is 0 Å². The maximum Gasteiger partial charge on any atom is 0.228 e. The molecule has 3 rings (SSSR count). The second kappa shape index (κ2) is 4.34. The van der Waals surface area contributed by atoms with Crippen LogP contribution in [0.4, 0.5) is 11.6 Å². The lowest BCUT2D eigenvalue weighted by Gasteiger charge is -2.07. The van der Waals surface area contributed by atoms with E-state index in [0.717, 1.165) is 36.2 Å². The molecule has 4 heteroatoms. The Balaban J connectivity index is 1.92. The van der Waals surface area contributed by atoms with E-state index >= 15 is 0 Å². The van der Waals surface area contributed by atoms with Crippen LogP contribution in [-0.2, 0) is 12.8 Å². The van der Waals surface area contributed by atoms with Crippen molar-refractivity contribution < 1.29 is 0 Å². The Morgan fingerprint density at radius 1 is 1.06 bits per heavy atom. The van der Waals surface area contributed by atoms with Crippen LogP contribution in [0.25, 0.3) is 0 Å². The van der Waals surface area contributed by atoms with Gasteiger partial charge in [-0.15, -0.1) is 0 Å². The van der Waals surface area contributed by atoms with Gasteiger partial charge in [0.05, 0.1) is 5.69 Å². The summed E-state index contributed by atoms with van der Waals surface area (Å²) in [5.74, 6) is 0.585. The minimum atomic E-state index is 0.585. The lowest BCUT2D eigenvalue weighted by Crippen LogP contribution is -2.01. The number of nitrogens with zero attached hydrogens (tertiary/aromatic N) is 2. The third kappa shape index (κ3) is 2.11. The number of halogens is 1. The van der Waals surface area contributed by atoms with Crippen molar-refractivity contribution in [1.82, 2.24) is 9.97 Å². The van der Waals surface area contributed by atoms with Gasteiger partial charge in [-0.05, 0) is 31.4 Å². The highest BCUT2D eigenvalue weighted by Crippen LogP contribution is 2.27. The van der Waals surface area contributed by atoms with E-state index < -0.39 is 0 Å². The van der Waals surface area contributed by atoms with Crippen LogP contribution in [0.3, 0.4) is 0 Å². The first-order valence-electron chi connectivity index (χ1n) is 5.70. The molecule has 86 valence electrons. The minimum Gasteiger partial charge on any atom is -0.324 e. The average Bonchev–Trinajstić information content (AvgIpc) is 2.79. The van der Waals surface area contributed by atoms with Gasteiger partial charge in [0, 0.05) is 11.3 Å². The molecule has 0 amide bonds. The Hall–Kier alpha value is -1.61. The Kier molecular flexibility index (Phi) is 2.69. The number of anilines is 2. The van der Waals surface area contributed by atoms with Crippen molar-refractivity contribution in [3.05, 3.63) is 46.7 Å². The summed E-state index contributed by atoms with van der Waals surface area (Å²) in [4.78, 5) is 8.79. The van der Waals surface area contributed by atoms with E-state index in [-0.39, 0.29) is 0 Å². The number of aryl methyl sites for hydroxylation is 1. The molecular formula is C13H12ClN3. The summed E-state index contributed by atoms with van der Waals surface area (Å²) >= 11 is 6.15. The van der Waals surface area contributed by atoms with Crippen LogP contribution in [0.15, 0.2) is 30.3 Å². The highest BCUT2D eigenvalue weighted by molar-refractivity contribution is 6.30. The second-order valence-electron chi connectivity index (χ2n) is 4.11. The fourth-order valence-electron chi connectivity index (χ4n) is 2.09. The SMILES string of the molecule is Clc1nc(Nc2ccccc2)nc2c1CCC2. The van der Waals surface area contributed by atoms with Crippen LogP contribution in [0.5, 0.6) is 0 Å². The van der Waals surface area contributed by atoms with E-state index in [0.29, 0.717) is 11.1 Å². The van der Waals surface area contributed by atoms with E-state index in [4.69, 9.17) is 11.6 Å². The summed E-state index contributed by atoms with van der Waals surface area (Å²) in [6, 6.07) is 9.87. The monoisotopic (exact) mass is 245 g/mol. The Morgan fingerprint density at radius 3 is 2.71 bits per heavy atom. The molecule has 1 aromatic carbocycles. The predicted octanol–water partition coefficient (Wildman–Crippen LogP) is 3.36. The predicted molar refractivity (Wildman–Crippen MR) is 68.8 cm³/mol. The topological polar surface area (TPSA) is 37.8 Å². The van der Waals surface area contributed by atoms with Gasteiger partial charge in [-0.1, -0.05) is 29.8 Å². The van der Waals surface area contributed by atoms with Crippen LogP contribution >= 0.6 is 11.6 Å². The smallest absolute Gasteiger partial charge is 0.228 e. The van der Waals surface area contributed by atoms with Gasteiger partial charge in [-0.25, -0.2) is 9.97 Å². The van der Waals surface area contributed by atoms with Crippen molar-refractivity contribution in [1.29, 1.82) is 0 Å². The largest absolute Gasteiger partial charge is 0.324 e. The number of hydrogen-bond acceptors (Lipinski definition) is 3. The molecule has 3 nitrogen and oxygen atoms in total. The zero-order chi connectivity index (χ0) is 11.7. The summed E-state index contributed by atoms with van der Waals surface area (Å²) in [6.07, 6.45) is 3.12. The molecule has 2 aromatic rings. The quantitative estimate of drug-likeness (QED) is 0.825. The van der Waals surface area contributed by atoms with Gasteiger partial charge in [0.15, 0.2) is 0 Å². The highest BCUT2D eigenvalue weighted by atomic mass is 35.5. The first-order valence-corrected chi connectivity index (χ1v) is 6.08. The van der Waals surface area contributed by atoms with E-state index in [1.54, 1.807) is 0 Å². The third-order valence-corrected chi connectivity index (χ3v) is 3.23. The number of benzene rings is 1. The molecule has 0 saturated carbocycles. The fraction of sp³-hybridized carbons (Fsp3) is 0.231. The Bertz CT molecular complexity index is 540. The van der Waals surface area contributed by atoms with E-state index in [1.807, 2.05) is 30.3 Å². The molecule has 0 bridgehead atoms. The van der Waals surface area contributed by atoms with Gasteiger partial charge in [-0.3, -0.25) is 0 Å². The molecule has 1 heterocycles. The van der Waals surface area contributed by atoms with Gasteiger partial charge in [-0.2, -0.15) is 0 Å². The summed E-state index contributed by atoms with van der Waals surface area (Å²) < 4.78 is 0. The standard InChI is InChI=1S/C13H12ClN3/c14-12-10-7-4-8-11(10)16-13(17-12)15-9-5-2-1-3-6-9/h1-3,5-6H,4,7-8H2,(H,15,16,17). The van der Waals surface area contributed by atoms with Gasteiger partial charge in [0.25, 0.3) is 0 Å². The lowest BCUT2D eigenvalue weighted by molar-refractivity contribution is 0.900. The lowest BCUT2D eigenvalue weighted by atomic mass is 10.3. The molecule has 1 aliphatic rings. The second-order valence-corrected chi connectivity index (χ2v) is 4.47. The van der Waals surface area contributed by atoms with Crippen molar-refractivity contribution in [2.24, 2.45) is 0 Å². The maximum atomic E-state index is 6.15. The van der Waals surface area contributed by atoms with Crippen LogP contribution in [0.1, 0.15) is 17.7 Å². The minimum absolute atomic E-state index is 0.585. The number of nitrogens with one attached hydrogen (secondary N) is 1. The highest BCUT2D eigenvalue weighted by Gasteiger charge is 2.18. The molecular weight excluding hydrogens is 234 g/mol. The molecule has 1 aromatic heterocycles. The molecule has 0 saturated heterocycles. The number of para-hydroxylation sites is 1. The molecule has 17 heavy (non-hydrogen) atoms. The maximum absolute atomic E-state index is 6.15. The van der Waals surface area contributed by atoms with Crippen molar-refractivity contribution in [2.75, 3.05) is 5.32 Å². The molecule has 0 unspecified atom stereocenters. The van der Waals surface area contributed by atoms with Crippen LogP contribution in [0, 0.1) is 0 Å². The molecule has 0 aliphatic heterocycles. The number of aromatic nitrogens is 2. The number of hydrogen-bond donors (Lipinski definition) is 1. The average molecular weight is 246 g/mol. The first-order chi connectivity index (χ1) is 8.33. The zero-order valence-electron chi connectivity index (χ0n) is 9.28. The molecule has 0 fully saturated rings. The summed E-state index contributed by atoms with van der Waals surface area (Å²) in [5.41, 5.74) is 3.18. The molecule has 1 aliphatic carbocycles. The van der Waals surface area contributed by atoms with Crippen LogP contribution < -0.4 is 5.32 Å². The fourth-order valence-corrected chi connectivity index (χ4v) is 2.38. The molecule has 0 atom stereocenters. The van der Waals surface area contributed by atoms with Gasteiger partial charge < -0.3 is 5.32 Å². The third-order valence-electron chi connectivity index (χ3n) is 2.91. The number of rotatable bonds is 2. The summed E-state index contributed by atoms with van der Waals surface area (Å²) in [7, 11) is 0. The van der Waals surface area contributed by atoms with E-state index in [2.05, 4.69) is 15.3 Å². The molecule has 1 N–H and O–H groups in total. The Labute approximate surface area is 105 Å². The first kappa shape index (κ1) is 10.5. The van der Waals surface area contributed by atoms with Gasteiger partial charge in [0.1, 0.15) is 5.15 Å². The summed E-state index contributed by atoms with van der Waals surface area (Å²) in [6.45, 7) is 0. The van der Waals surface area contributed by atoms with Crippen molar-refractivity contribution in [3.63, 3.8) is 0 Å². The van der Waals surface area contributed by atoms with Gasteiger partial charge >= 0.3 is 0 Å². The van der Waals surface area contributed by atoms with Crippen molar-refractivity contribution in [2.45, 2.75) is 19.3 Å². The molecule has 0 radical (unpaired) electrons. The molecule has 0 spiro atoms. The normalized spacial score (nSPS) is 13.5. The van der Waals surface area contributed by atoms with E-state index in [1.165, 1.54) is 0 Å². The van der Waals surface area contributed by atoms with Crippen molar-refractivity contribution in [3.8, 4) is 0 Å².